The average Bonchev–Trinajstić information content (AvgIpc) is 2.79. The Morgan fingerprint density at radius 1 is 0.943 bits per heavy atom. The molecule has 0 saturated heterocycles. The first kappa shape index (κ1) is 26.3. The molecule has 0 heterocycles. The Morgan fingerprint density at radius 2 is 1.63 bits per heavy atom. The molecule has 5 nitrogen and oxygen atoms in total. The number of aryl methyl sites for hydroxylation is 1. The van der Waals surface area contributed by atoms with Crippen LogP contribution >= 0.6 is 11.6 Å². The lowest BCUT2D eigenvalue weighted by molar-refractivity contribution is -0.143. The zero-order chi connectivity index (χ0) is 25.4. The SMILES string of the molecule is Cc1cccc(CN(C(=O)COc2cccc(Cl)c2)C(Cc2ccccc2)C(=O)NC(C)(C)C)c1. The highest BCUT2D eigenvalue weighted by Crippen LogP contribution is 2.19. The van der Waals surface area contributed by atoms with Crippen LogP contribution in [0, 0.1) is 6.92 Å². The molecule has 1 N–H and O–H groups in total. The van der Waals surface area contributed by atoms with Crippen molar-refractivity contribution in [3.8, 4) is 5.75 Å². The van der Waals surface area contributed by atoms with Crippen LogP contribution in [0.25, 0.3) is 0 Å². The number of carbonyl (C=O) groups excluding carboxylic acids is 2. The van der Waals surface area contributed by atoms with Gasteiger partial charge in [-0.2, -0.15) is 0 Å². The van der Waals surface area contributed by atoms with E-state index in [1.54, 1.807) is 29.2 Å². The maximum absolute atomic E-state index is 13.6. The monoisotopic (exact) mass is 492 g/mol. The summed E-state index contributed by atoms with van der Waals surface area (Å²) >= 11 is 6.06. The lowest BCUT2D eigenvalue weighted by Crippen LogP contribution is -2.55. The Kier molecular flexibility index (Phi) is 8.94. The Bertz CT molecular complexity index is 1140. The van der Waals surface area contributed by atoms with Crippen molar-refractivity contribution in [1.29, 1.82) is 0 Å². The van der Waals surface area contributed by atoms with E-state index in [1.165, 1.54) is 0 Å². The van der Waals surface area contributed by atoms with E-state index in [2.05, 4.69) is 5.32 Å². The number of nitrogens with one attached hydrogen (secondary N) is 1. The van der Waals surface area contributed by atoms with Crippen LogP contribution in [0.3, 0.4) is 0 Å². The Balaban J connectivity index is 1.93. The van der Waals surface area contributed by atoms with Gasteiger partial charge in [0, 0.05) is 23.5 Å². The highest BCUT2D eigenvalue weighted by molar-refractivity contribution is 6.30. The minimum absolute atomic E-state index is 0.204. The van der Waals surface area contributed by atoms with Gasteiger partial charge in [0.25, 0.3) is 5.91 Å². The van der Waals surface area contributed by atoms with Gasteiger partial charge in [-0.05, 0) is 57.0 Å². The molecule has 0 spiro atoms. The number of hydrogen-bond donors (Lipinski definition) is 1. The van der Waals surface area contributed by atoms with Crippen LogP contribution in [0.1, 0.15) is 37.5 Å². The van der Waals surface area contributed by atoms with E-state index < -0.39 is 11.6 Å². The number of benzene rings is 3. The molecule has 3 aromatic rings. The fraction of sp³-hybridized carbons (Fsp3) is 0.310. The Morgan fingerprint density at radius 3 is 2.29 bits per heavy atom. The highest BCUT2D eigenvalue weighted by Gasteiger charge is 2.32. The van der Waals surface area contributed by atoms with Crippen molar-refractivity contribution in [2.45, 2.75) is 52.2 Å². The summed E-state index contributed by atoms with van der Waals surface area (Å²) in [4.78, 5) is 28.7. The molecule has 0 aromatic heterocycles. The van der Waals surface area contributed by atoms with Gasteiger partial charge in [0.15, 0.2) is 6.61 Å². The molecule has 184 valence electrons. The second kappa shape index (κ2) is 11.9. The van der Waals surface area contributed by atoms with E-state index in [9.17, 15) is 9.59 Å². The van der Waals surface area contributed by atoms with Crippen LogP contribution < -0.4 is 10.1 Å². The van der Waals surface area contributed by atoms with Crippen molar-refractivity contribution in [2.75, 3.05) is 6.61 Å². The summed E-state index contributed by atoms with van der Waals surface area (Å²) in [5.41, 5.74) is 2.56. The fourth-order valence-electron chi connectivity index (χ4n) is 3.80. The molecule has 6 heteroatoms. The number of rotatable bonds is 9. The van der Waals surface area contributed by atoms with Gasteiger partial charge >= 0.3 is 0 Å². The van der Waals surface area contributed by atoms with Crippen molar-refractivity contribution in [2.24, 2.45) is 0 Å². The largest absolute Gasteiger partial charge is 0.484 e. The number of halogens is 1. The summed E-state index contributed by atoms with van der Waals surface area (Å²) in [6.45, 7) is 7.87. The van der Waals surface area contributed by atoms with Crippen molar-refractivity contribution in [3.63, 3.8) is 0 Å². The van der Waals surface area contributed by atoms with Crippen molar-refractivity contribution in [3.05, 3.63) is 101 Å². The summed E-state index contributed by atoms with van der Waals surface area (Å²) in [6.07, 6.45) is 0.386. The first-order valence-corrected chi connectivity index (χ1v) is 12.1. The third-order valence-corrected chi connectivity index (χ3v) is 5.60. The van der Waals surface area contributed by atoms with E-state index in [4.69, 9.17) is 16.3 Å². The summed E-state index contributed by atoms with van der Waals surface area (Å²) in [5, 5.41) is 3.59. The molecule has 1 unspecified atom stereocenters. The first-order chi connectivity index (χ1) is 16.6. The molecule has 0 radical (unpaired) electrons. The fourth-order valence-corrected chi connectivity index (χ4v) is 3.98. The molecule has 3 rings (SSSR count). The van der Waals surface area contributed by atoms with Gasteiger partial charge in [0.05, 0.1) is 0 Å². The first-order valence-electron chi connectivity index (χ1n) is 11.7. The summed E-state index contributed by atoms with van der Waals surface area (Å²) in [5.74, 6) is 0.0155. The summed E-state index contributed by atoms with van der Waals surface area (Å²) < 4.78 is 5.76. The van der Waals surface area contributed by atoms with Crippen LogP contribution in [0.2, 0.25) is 5.02 Å². The van der Waals surface area contributed by atoms with Gasteiger partial charge in [-0.15, -0.1) is 0 Å². The van der Waals surface area contributed by atoms with E-state index in [1.807, 2.05) is 82.3 Å². The molecule has 2 amide bonds. The Labute approximate surface area is 213 Å². The van der Waals surface area contributed by atoms with E-state index in [-0.39, 0.29) is 25.0 Å². The van der Waals surface area contributed by atoms with Crippen LogP contribution in [0.4, 0.5) is 0 Å². The lowest BCUT2D eigenvalue weighted by atomic mass is 10.0. The van der Waals surface area contributed by atoms with Crippen LogP contribution in [-0.4, -0.2) is 34.9 Å². The molecular weight excluding hydrogens is 460 g/mol. The van der Waals surface area contributed by atoms with Gasteiger partial charge in [0.1, 0.15) is 11.8 Å². The molecule has 1 atom stereocenters. The predicted molar refractivity (Wildman–Crippen MR) is 141 cm³/mol. The molecule has 0 aliphatic heterocycles. The second-order valence-electron chi connectivity index (χ2n) is 9.70. The van der Waals surface area contributed by atoms with Crippen LogP contribution in [-0.2, 0) is 22.6 Å². The zero-order valence-electron chi connectivity index (χ0n) is 20.8. The van der Waals surface area contributed by atoms with Crippen LogP contribution in [0.15, 0.2) is 78.9 Å². The van der Waals surface area contributed by atoms with Crippen molar-refractivity contribution >= 4 is 23.4 Å². The van der Waals surface area contributed by atoms with Gasteiger partial charge < -0.3 is 15.0 Å². The number of nitrogens with zero attached hydrogens (tertiary/aromatic N) is 1. The maximum atomic E-state index is 13.6. The highest BCUT2D eigenvalue weighted by atomic mass is 35.5. The standard InChI is InChI=1S/C29H33ClN2O3/c1-21-10-8-13-23(16-21)19-32(27(33)20-35-25-15-9-14-24(30)18-25)26(28(34)31-29(2,3)4)17-22-11-6-5-7-12-22/h5-16,18,26H,17,19-20H2,1-4H3,(H,31,34). The van der Waals surface area contributed by atoms with Crippen molar-refractivity contribution < 1.29 is 14.3 Å². The summed E-state index contributed by atoms with van der Waals surface area (Å²) in [7, 11) is 0. The number of ether oxygens (including phenoxy) is 1. The van der Waals surface area contributed by atoms with E-state index >= 15 is 0 Å². The van der Waals surface area contributed by atoms with Gasteiger partial charge in [0.2, 0.25) is 5.91 Å². The molecule has 3 aromatic carbocycles. The quantitative estimate of drug-likeness (QED) is 0.424. The molecule has 0 fully saturated rings. The second-order valence-corrected chi connectivity index (χ2v) is 10.1. The predicted octanol–water partition coefficient (Wildman–Crippen LogP) is 5.58. The topological polar surface area (TPSA) is 58.6 Å². The molecule has 0 aliphatic carbocycles. The zero-order valence-corrected chi connectivity index (χ0v) is 21.5. The minimum atomic E-state index is -0.715. The smallest absolute Gasteiger partial charge is 0.261 e. The summed E-state index contributed by atoms with van der Waals surface area (Å²) in [6, 6.07) is 23.9. The van der Waals surface area contributed by atoms with E-state index in [0.717, 1.165) is 16.7 Å². The lowest BCUT2D eigenvalue weighted by Gasteiger charge is -2.33. The number of amides is 2. The van der Waals surface area contributed by atoms with Crippen LogP contribution in [0.5, 0.6) is 5.75 Å². The van der Waals surface area contributed by atoms with Gasteiger partial charge in [-0.3, -0.25) is 9.59 Å². The van der Waals surface area contributed by atoms with Crippen molar-refractivity contribution in [1.82, 2.24) is 10.2 Å². The molecule has 0 saturated carbocycles. The average molecular weight is 493 g/mol. The molecular formula is C29H33ClN2O3. The number of hydrogen-bond acceptors (Lipinski definition) is 3. The normalized spacial score (nSPS) is 12.0. The minimum Gasteiger partial charge on any atom is -0.484 e. The maximum Gasteiger partial charge on any atom is 0.261 e. The number of carbonyl (C=O) groups is 2. The Hall–Kier alpha value is -3.31. The molecule has 0 bridgehead atoms. The van der Waals surface area contributed by atoms with Gasteiger partial charge in [-0.25, -0.2) is 0 Å². The third kappa shape index (κ3) is 8.45. The third-order valence-electron chi connectivity index (χ3n) is 5.36. The van der Waals surface area contributed by atoms with E-state index in [0.29, 0.717) is 17.2 Å². The molecule has 35 heavy (non-hydrogen) atoms. The molecule has 0 aliphatic rings. The van der Waals surface area contributed by atoms with Gasteiger partial charge in [-0.1, -0.05) is 77.8 Å².